The quantitative estimate of drug-likeness (QED) is 0.668. The highest BCUT2D eigenvalue weighted by atomic mass is 79.9. The van der Waals surface area contributed by atoms with Gasteiger partial charge in [0.15, 0.2) is 0 Å². The van der Waals surface area contributed by atoms with E-state index in [1.54, 1.807) is 7.11 Å². The van der Waals surface area contributed by atoms with Crippen LogP contribution < -0.4 is 10.1 Å². The van der Waals surface area contributed by atoms with Gasteiger partial charge in [0.25, 0.3) is 0 Å². The lowest BCUT2D eigenvalue weighted by molar-refractivity contribution is 0.415. The number of hydrogen-bond donors (Lipinski definition) is 1. The fourth-order valence-electron chi connectivity index (χ4n) is 2.24. The summed E-state index contributed by atoms with van der Waals surface area (Å²) in [6, 6.07) is 14.2. The monoisotopic (exact) mass is 367 g/mol. The molecule has 112 valence electrons. The van der Waals surface area contributed by atoms with Crippen molar-refractivity contribution in [3.05, 3.63) is 57.5 Å². The molecule has 0 bridgehead atoms. The third kappa shape index (κ3) is 4.39. The Bertz CT molecular complexity index is 586. The largest absolute Gasteiger partial charge is 0.497 e. The van der Waals surface area contributed by atoms with Gasteiger partial charge in [-0.05, 0) is 52.2 Å². The Hall–Kier alpha value is -1.19. The van der Waals surface area contributed by atoms with Gasteiger partial charge in [-0.2, -0.15) is 0 Å². The van der Waals surface area contributed by atoms with Crippen LogP contribution in [0.25, 0.3) is 0 Å². The first-order valence-corrected chi connectivity index (χ1v) is 8.16. The molecule has 0 aliphatic carbocycles. The summed E-state index contributed by atoms with van der Waals surface area (Å²) in [5, 5.41) is 4.35. The minimum atomic E-state index is 0.246. The fraction of sp³-hybridized carbons (Fsp3) is 0.294. The van der Waals surface area contributed by atoms with Gasteiger partial charge < -0.3 is 10.1 Å². The number of halogens is 2. The maximum absolute atomic E-state index is 5.97. The van der Waals surface area contributed by atoms with Gasteiger partial charge in [-0.3, -0.25) is 0 Å². The Morgan fingerprint density at radius 1 is 1.19 bits per heavy atom. The predicted octanol–water partition coefficient (Wildman–Crippen LogP) is 6.06. The van der Waals surface area contributed by atoms with Gasteiger partial charge in [0.1, 0.15) is 5.75 Å². The minimum absolute atomic E-state index is 0.246. The van der Waals surface area contributed by atoms with Crippen LogP contribution in [-0.4, -0.2) is 7.11 Å². The van der Waals surface area contributed by atoms with E-state index in [2.05, 4.69) is 40.3 Å². The molecular formula is C17H19BrClNO. The number of methoxy groups -OCH3 is 1. The molecule has 1 atom stereocenters. The van der Waals surface area contributed by atoms with Crippen LogP contribution >= 0.6 is 27.5 Å². The van der Waals surface area contributed by atoms with E-state index >= 15 is 0 Å². The van der Waals surface area contributed by atoms with E-state index in [1.165, 1.54) is 5.56 Å². The first kappa shape index (κ1) is 16.2. The summed E-state index contributed by atoms with van der Waals surface area (Å²) in [7, 11) is 1.68. The second kappa shape index (κ2) is 7.71. The fourth-order valence-corrected chi connectivity index (χ4v) is 2.72. The van der Waals surface area contributed by atoms with E-state index in [9.17, 15) is 0 Å². The molecule has 1 N–H and O–H groups in total. The van der Waals surface area contributed by atoms with Gasteiger partial charge in [-0.1, -0.05) is 37.1 Å². The average Bonchev–Trinajstić information content (AvgIpc) is 2.49. The van der Waals surface area contributed by atoms with Gasteiger partial charge >= 0.3 is 0 Å². The minimum Gasteiger partial charge on any atom is -0.497 e. The summed E-state index contributed by atoms with van der Waals surface area (Å²) in [4.78, 5) is 0. The van der Waals surface area contributed by atoms with Crippen LogP contribution in [0.4, 0.5) is 5.69 Å². The van der Waals surface area contributed by atoms with Gasteiger partial charge in [-0.25, -0.2) is 0 Å². The van der Waals surface area contributed by atoms with Gasteiger partial charge in [0.05, 0.1) is 18.8 Å². The van der Waals surface area contributed by atoms with Gasteiger partial charge in [0.2, 0.25) is 0 Å². The van der Waals surface area contributed by atoms with E-state index in [-0.39, 0.29) is 6.04 Å². The lowest BCUT2D eigenvalue weighted by Crippen LogP contribution is -2.11. The van der Waals surface area contributed by atoms with Crippen molar-refractivity contribution in [3.63, 3.8) is 0 Å². The first-order chi connectivity index (χ1) is 10.1. The molecular weight excluding hydrogens is 350 g/mol. The highest BCUT2D eigenvalue weighted by Gasteiger charge is 2.12. The maximum Gasteiger partial charge on any atom is 0.121 e. The zero-order chi connectivity index (χ0) is 15.2. The molecule has 0 aliphatic rings. The molecule has 0 aromatic heterocycles. The molecule has 0 saturated carbocycles. The van der Waals surface area contributed by atoms with E-state index < -0.39 is 0 Å². The normalized spacial score (nSPS) is 12.0. The lowest BCUT2D eigenvalue weighted by atomic mass is 10.0. The Labute approximate surface area is 139 Å². The highest BCUT2D eigenvalue weighted by Crippen LogP contribution is 2.32. The van der Waals surface area contributed by atoms with Crippen molar-refractivity contribution in [1.82, 2.24) is 0 Å². The summed E-state index contributed by atoms with van der Waals surface area (Å²) in [6.07, 6.45) is 2.15. The van der Waals surface area contributed by atoms with Gasteiger partial charge in [0, 0.05) is 15.6 Å². The summed E-state index contributed by atoms with van der Waals surface area (Å²) in [5.74, 6) is 0.840. The first-order valence-electron chi connectivity index (χ1n) is 6.99. The van der Waals surface area contributed by atoms with Crippen molar-refractivity contribution < 1.29 is 4.74 Å². The third-order valence-corrected chi connectivity index (χ3v) is 4.30. The van der Waals surface area contributed by atoms with Crippen LogP contribution in [0.5, 0.6) is 5.75 Å². The number of anilines is 1. The Balaban J connectivity index is 2.25. The highest BCUT2D eigenvalue weighted by molar-refractivity contribution is 9.10. The number of benzene rings is 2. The SMILES string of the molecule is CCCC(Nc1cc(OC)ccc1Br)c1ccc(Cl)cc1. The van der Waals surface area contributed by atoms with Crippen LogP contribution in [-0.2, 0) is 0 Å². The van der Waals surface area contributed by atoms with E-state index in [1.807, 2.05) is 30.3 Å². The summed E-state index contributed by atoms with van der Waals surface area (Å²) in [6.45, 7) is 2.19. The zero-order valence-electron chi connectivity index (χ0n) is 12.2. The molecule has 4 heteroatoms. The number of nitrogens with one attached hydrogen (secondary N) is 1. The molecule has 0 spiro atoms. The topological polar surface area (TPSA) is 21.3 Å². The van der Waals surface area contributed by atoms with Crippen molar-refractivity contribution in [2.45, 2.75) is 25.8 Å². The molecule has 2 rings (SSSR count). The molecule has 0 aliphatic heterocycles. The molecule has 0 radical (unpaired) electrons. The molecule has 21 heavy (non-hydrogen) atoms. The number of hydrogen-bond acceptors (Lipinski definition) is 2. The van der Waals surface area contributed by atoms with Crippen LogP contribution in [0.2, 0.25) is 5.02 Å². The maximum atomic E-state index is 5.97. The molecule has 2 nitrogen and oxygen atoms in total. The average molecular weight is 369 g/mol. The van der Waals surface area contributed by atoms with Crippen LogP contribution in [0.15, 0.2) is 46.9 Å². The lowest BCUT2D eigenvalue weighted by Gasteiger charge is -2.21. The van der Waals surface area contributed by atoms with Crippen molar-refractivity contribution in [2.75, 3.05) is 12.4 Å². The van der Waals surface area contributed by atoms with Crippen molar-refractivity contribution in [2.24, 2.45) is 0 Å². The smallest absolute Gasteiger partial charge is 0.121 e. The second-order valence-electron chi connectivity index (χ2n) is 4.88. The Morgan fingerprint density at radius 2 is 1.90 bits per heavy atom. The van der Waals surface area contributed by atoms with E-state index in [4.69, 9.17) is 16.3 Å². The summed E-state index contributed by atoms with van der Waals surface area (Å²) >= 11 is 9.56. The van der Waals surface area contributed by atoms with E-state index in [0.29, 0.717) is 0 Å². The number of rotatable bonds is 6. The number of ether oxygens (including phenoxy) is 1. The molecule has 1 unspecified atom stereocenters. The van der Waals surface area contributed by atoms with Crippen molar-refractivity contribution >= 4 is 33.2 Å². The van der Waals surface area contributed by atoms with Crippen LogP contribution in [0.1, 0.15) is 31.4 Å². The molecule has 0 fully saturated rings. The second-order valence-corrected chi connectivity index (χ2v) is 6.17. The molecule has 2 aromatic rings. The zero-order valence-corrected chi connectivity index (χ0v) is 14.5. The molecule has 0 saturated heterocycles. The molecule has 0 heterocycles. The molecule has 2 aromatic carbocycles. The van der Waals surface area contributed by atoms with Crippen molar-refractivity contribution in [1.29, 1.82) is 0 Å². The van der Waals surface area contributed by atoms with Gasteiger partial charge in [-0.15, -0.1) is 0 Å². The third-order valence-electron chi connectivity index (χ3n) is 3.35. The predicted molar refractivity (Wildman–Crippen MR) is 93.4 cm³/mol. The van der Waals surface area contributed by atoms with Crippen LogP contribution in [0, 0.1) is 0 Å². The van der Waals surface area contributed by atoms with Crippen molar-refractivity contribution in [3.8, 4) is 5.75 Å². The summed E-state index contributed by atoms with van der Waals surface area (Å²) in [5.41, 5.74) is 2.26. The standard InChI is InChI=1S/C17H19BrClNO/c1-3-4-16(12-5-7-13(19)8-6-12)20-17-11-14(21-2)9-10-15(17)18/h5-11,16,20H,3-4H2,1-2H3. The molecule has 0 amide bonds. The Kier molecular flexibility index (Phi) is 5.95. The summed E-state index contributed by atoms with van der Waals surface area (Å²) < 4.78 is 6.32. The van der Waals surface area contributed by atoms with Crippen LogP contribution in [0.3, 0.4) is 0 Å². The van der Waals surface area contributed by atoms with E-state index in [0.717, 1.165) is 33.8 Å². The Morgan fingerprint density at radius 3 is 2.52 bits per heavy atom.